The summed E-state index contributed by atoms with van der Waals surface area (Å²) in [6, 6.07) is 5.48. The minimum atomic E-state index is -1.25. The molecule has 0 aliphatic heterocycles. The number of aromatic hydroxyl groups is 1. The quantitative estimate of drug-likeness (QED) is 0.465. The molecule has 0 aliphatic carbocycles. The molecule has 1 rings (SSSR count). The molecule has 0 radical (unpaired) electrons. The van der Waals surface area contributed by atoms with Crippen molar-refractivity contribution in [1.29, 1.82) is 0 Å². The SMILES string of the molecule is C=CC[N+](C)(C)c1ccc(O)cc1C.CNC(=O)[O-].I. The van der Waals surface area contributed by atoms with Crippen molar-refractivity contribution in [2.75, 3.05) is 27.7 Å². The maximum absolute atomic E-state index is 9.31. The fraction of sp³-hybridized carbons (Fsp3) is 0.357. The van der Waals surface area contributed by atoms with Gasteiger partial charge in [0.05, 0.1) is 14.1 Å². The molecule has 0 unspecified atom stereocenters. The molecule has 114 valence electrons. The Bertz CT molecular complexity index is 448. The summed E-state index contributed by atoms with van der Waals surface area (Å²) < 4.78 is 0.760. The Morgan fingerprint density at radius 2 is 2.00 bits per heavy atom. The van der Waals surface area contributed by atoms with Gasteiger partial charge in [0, 0.05) is 18.7 Å². The van der Waals surface area contributed by atoms with Gasteiger partial charge in [-0.1, -0.05) is 6.58 Å². The summed E-state index contributed by atoms with van der Waals surface area (Å²) in [4.78, 5) is 9.15. The molecule has 0 spiro atoms. The zero-order valence-electron chi connectivity index (χ0n) is 12.3. The van der Waals surface area contributed by atoms with E-state index in [0.717, 1.165) is 16.6 Å². The van der Waals surface area contributed by atoms with E-state index in [2.05, 4.69) is 20.7 Å². The van der Waals surface area contributed by atoms with Crippen LogP contribution in [-0.4, -0.2) is 38.9 Å². The normalized spacial score (nSPS) is 9.60. The number of likely N-dealkylation sites (N-methyl/N-ethyl adjacent to an activating group) is 1. The number of rotatable bonds is 3. The Balaban J connectivity index is 0. The number of halogens is 1. The summed E-state index contributed by atoms with van der Waals surface area (Å²) in [5, 5.41) is 20.3. The molecule has 1 amide bonds. The van der Waals surface area contributed by atoms with E-state index in [0.29, 0.717) is 5.75 Å². The van der Waals surface area contributed by atoms with Crippen molar-refractivity contribution in [1.82, 2.24) is 9.80 Å². The number of nitrogens with zero attached hydrogens (tertiary/aromatic N) is 1. The van der Waals surface area contributed by atoms with E-state index in [9.17, 15) is 5.11 Å². The van der Waals surface area contributed by atoms with Crippen LogP contribution in [0.25, 0.3) is 0 Å². The average molecular weight is 394 g/mol. The van der Waals surface area contributed by atoms with Crippen LogP contribution in [0.2, 0.25) is 0 Å². The number of benzene rings is 1. The summed E-state index contributed by atoms with van der Waals surface area (Å²) in [6.45, 7) is 6.65. The second-order valence-electron chi connectivity index (χ2n) is 4.66. The zero-order chi connectivity index (χ0) is 15.1. The van der Waals surface area contributed by atoms with Crippen LogP contribution in [0, 0.1) is 6.92 Å². The number of nitrogens with one attached hydrogen (secondary N) is 1. The highest BCUT2D eigenvalue weighted by molar-refractivity contribution is 14.0. The molecule has 1 aromatic carbocycles. The topological polar surface area (TPSA) is 72.4 Å². The molecule has 0 aromatic heterocycles. The van der Waals surface area contributed by atoms with Crippen molar-refractivity contribution in [3.8, 4) is 5.75 Å². The van der Waals surface area contributed by atoms with Gasteiger partial charge in [-0.3, -0.25) is 4.48 Å². The summed E-state index contributed by atoms with van der Waals surface area (Å²) in [5.41, 5.74) is 2.32. The minimum absolute atomic E-state index is 0. The van der Waals surface area contributed by atoms with Crippen LogP contribution in [0.3, 0.4) is 0 Å². The van der Waals surface area contributed by atoms with Crippen LogP contribution >= 0.6 is 24.0 Å². The molecule has 0 fully saturated rings. The second kappa shape index (κ2) is 9.60. The van der Waals surface area contributed by atoms with E-state index >= 15 is 0 Å². The monoisotopic (exact) mass is 394 g/mol. The summed E-state index contributed by atoms with van der Waals surface area (Å²) in [6.07, 6.45) is 0.664. The number of hydrogen-bond donors (Lipinski definition) is 2. The maximum Gasteiger partial charge on any atom is 0.135 e. The predicted molar refractivity (Wildman–Crippen MR) is 91.4 cm³/mol. The lowest BCUT2D eigenvalue weighted by molar-refractivity contribution is -0.250. The van der Waals surface area contributed by atoms with Crippen LogP contribution in [0.1, 0.15) is 5.56 Å². The molecule has 0 bridgehead atoms. The predicted octanol–water partition coefficient (Wildman–Crippen LogP) is 1.62. The van der Waals surface area contributed by atoms with Gasteiger partial charge in [0.15, 0.2) is 0 Å². The van der Waals surface area contributed by atoms with Crippen molar-refractivity contribution in [3.63, 3.8) is 0 Å². The molecule has 0 atom stereocenters. The number of carboxylic acid groups (broad SMARTS) is 1. The first-order valence-electron chi connectivity index (χ1n) is 5.87. The molecular formula is C14H23IN2O3. The number of amides is 1. The van der Waals surface area contributed by atoms with E-state index < -0.39 is 6.09 Å². The van der Waals surface area contributed by atoms with Gasteiger partial charge in [0.25, 0.3) is 0 Å². The third kappa shape index (κ3) is 7.34. The first-order valence-corrected chi connectivity index (χ1v) is 5.87. The van der Waals surface area contributed by atoms with Crippen molar-refractivity contribution in [3.05, 3.63) is 36.4 Å². The van der Waals surface area contributed by atoms with Gasteiger partial charge in [-0.25, -0.2) is 0 Å². The lowest BCUT2D eigenvalue weighted by Crippen LogP contribution is -2.40. The Hall–Kier alpha value is -1.28. The summed E-state index contributed by atoms with van der Waals surface area (Å²) >= 11 is 0. The number of carbonyl (C=O) groups excluding carboxylic acids is 1. The minimum Gasteiger partial charge on any atom is -0.530 e. The maximum atomic E-state index is 9.31. The highest BCUT2D eigenvalue weighted by Gasteiger charge is 2.19. The van der Waals surface area contributed by atoms with Crippen molar-refractivity contribution in [2.45, 2.75) is 6.92 Å². The Morgan fingerprint density at radius 3 is 2.35 bits per heavy atom. The largest absolute Gasteiger partial charge is 0.530 e. The fourth-order valence-corrected chi connectivity index (χ4v) is 1.74. The highest BCUT2D eigenvalue weighted by atomic mass is 127. The number of hydrogen-bond acceptors (Lipinski definition) is 3. The van der Waals surface area contributed by atoms with E-state index in [1.165, 1.54) is 12.7 Å². The molecular weight excluding hydrogens is 371 g/mol. The Morgan fingerprint density at radius 1 is 1.50 bits per heavy atom. The van der Waals surface area contributed by atoms with E-state index in [4.69, 9.17) is 9.90 Å². The molecule has 20 heavy (non-hydrogen) atoms. The van der Waals surface area contributed by atoms with Gasteiger partial charge in [0.1, 0.15) is 24.1 Å². The van der Waals surface area contributed by atoms with Crippen LogP contribution in [-0.2, 0) is 0 Å². The molecule has 0 aliphatic rings. The van der Waals surface area contributed by atoms with Crippen LogP contribution < -0.4 is 14.9 Å². The summed E-state index contributed by atoms with van der Waals surface area (Å²) in [7, 11) is 5.54. The van der Waals surface area contributed by atoms with Gasteiger partial charge in [-0.15, -0.1) is 24.0 Å². The molecule has 2 N–H and O–H groups in total. The van der Waals surface area contributed by atoms with Crippen LogP contribution in [0.4, 0.5) is 10.5 Å². The van der Waals surface area contributed by atoms with Gasteiger partial charge >= 0.3 is 0 Å². The lowest BCUT2D eigenvalue weighted by Gasteiger charge is -2.29. The highest BCUT2D eigenvalue weighted by Crippen LogP contribution is 2.26. The number of aryl methyl sites for hydroxylation is 1. The molecule has 0 heterocycles. The van der Waals surface area contributed by atoms with Gasteiger partial charge in [-0.2, -0.15) is 0 Å². The standard InChI is InChI=1S/C12H17NO.C2H5NO2.HI/c1-5-8-13(3,4)12-7-6-11(14)9-10(12)2;1-3-2(4)5;/h5-7,9H,1,8H2,2-4H3;3H,1H3,(H,4,5);1H. The number of phenolic OH excluding ortho intramolecular Hbond substituents is 1. The lowest BCUT2D eigenvalue weighted by atomic mass is 10.1. The first-order chi connectivity index (χ1) is 8.74. The van der Waals surface area contributed by atoms with Gasteiger partial charge < -0.3 is 20.3 Å². The Kier molecular flexibility index (Phi) is 10.1. The first kappa shape index (κ1) is 21.0. The molecule has 0 saturated heterocycles. The Labute approximate surface area is 137 Å². The average Bonchev–Trinajstić information content (AvgIpc) is 2.29. The van der Waals surface area contributed by atoms with Crippen LogP contribution in [0.5, 0.6) is 5.75 Å². The third-order valence-electron chi connectivity index (χ3n) is 2.62. The van der Waals surface area contributed by atoms with Gasteiger partial charge in [-0.05, 0) is 25.1 Å². The van der Waals surface area contributed by atoms with Crippen molar-refractivity contribution in [2.24, 2.45) is 0 Å². The molecule has 0 saturated carbocycles. The van der Waals surface area contributed by atoms with Gasteiger partial charge in [0.2, 0.25) is 0 Å². The molecule has 1 aromatic rings. The number of carbonyl (C=O) groups is 1. The van der Waals surface area contributed by atoms with E-state index in [1.807, 2.05) is 24.4 Å². The zero-order valence-corrected chi connectivity index (χ0v) is 14.7. The number of quaternary nitrogens is 1. The second-order valence-corrected chi connectivity index (χ2v) is 4.66. The van der Waals surface area contributed by atoms with Crippen molar-refractivity contribution < 1.29 is 15.0 Å². The number of phenols is 1. The van der Waals surface area contributed by atoms with Crippen molar-refractivity contribution >= 4 is 35.8 Å². The van der Waals surface area contributed by atoms with E-state index in [1.54, 1.807) is 12.1 Å². The summed E-state index contributed by atoms with van der Waals surface area (Å²) in [5.74, 6) is 0.324. The fourth-order valence-electron chi connectivity index (χ4n) is 1.74. The van der Waals surface area contributed by atoms with E-state index in [-0.39, 0.29) is 24.0 Å². The smallest absolute Gasteiger partial charge is 0.135 e. The molecule has 5 nitrogen and oxygen atoms in total. The van der Waals surface area contributed by atoms with Crippen LogP contribution in [0.15, 0.2) is 30.9 Å². The third-order valence-corrected chi connectivity index (χ3v) is 2.62. The molecule has 6 heteroatoms.